The molecule has 1 aliphatic heterocycles. The first-order chi connectivity index (χ1) is 17.7. The van der Waals surface area contributed by atoms with Gasteiger partial charge in [0.05, 0.1) is 0 Å². The van der Waals surface area contributed by atoms with Crippen molar-refractivity contribution in [3.63, 3.8) is 0 Å². The number of hydrogen-bond donors (Lipinski definition) is 1. The summed E-state index contributed by atoms with van der Waals surface area (Å²) in [6, 6.07) is 34.7. The van der Waals surface area contributed by atoms with Crippen LogP contribution in [-0.4, -0.2) is 22.1 Å². The van der Waals surface area contributed by atoms with Gasteiger partial charge in [0.2, 0.25) is 5.88 Å². The van der Waals surface area contributed by atoms with Crippen LogP contribution in [0.2, 0.25) is 0 Å². The Bertz CT molecular complexity index is 1670. The summed E-state index contributed by atoms with van der Waals surface area (Å²) in [4.78, 5) is 9.48. The number of hydrogen-bond acceptors (Lipinski definition) is 5. The van der Waals surface area contributed by atoms with Gasteiger partial charge in [0, 0.05) is 44.7 Å². The van der Waals surface area contributed by atoms with Gasteiger partial charge in [-0.15, -0.1) is 18.2 Å². The van der Waals surface area contributed by atoms with Crippen molar-refractivity contribution in [2.45, 2.75) is 18.6 Å². The van der Waals surface area contributed by atoms with Gasteiger partial charge in [-0.1, -0.05) is 72.3 Å². The second-order valence-electron chi connectivity index (χ2n) is 9.01. The van der Waals surface area contributed by atoms with Gasteiger partial charge in [0.15, 0.2) is 0 Å². The van der Waals surface area contributed by atoms with E-state index < -0.39 is 0 Å². The summed E-state index contributed by atoms with van der Waals surface area (Å²) in [6.07, 6.45) is 0.691. The molecule has 2 aliphatic rings. The quantitative estimate of drug-likeness (QED) is 0.220. The molecule has 1 aliphatic carbocycles. The number of pyridine rings is 1. The van der Waals surface area contributed by atoms with E-state index in [4.69, 9.17) is 14.5 Å². The summed E-state index contributed by atoms with van der Waals surface area (Å²) >= 11 is 0. The standard InChI is InChI=1S/C31H21N2O3.Pt/c34-26-14-6-8-19-15-16-28(32-29(19)26)35-22-10-5-9-21(17-22)31-33-30-25-13-4-3-12-24(25)23-11-2-1-7-20(23)18-27(30)36-31;/h1-16,27,30,34H,18H2;/q-1;/t27-,30+;/m1./s1. The number of aromatic hydroxyl groups is 1. The number of benzene rings is 4. The van der Waals surface area contributed by atoms with Gasteiger partial charge >= 0.3 is 0 Å². The average molecular weight is 665 g/mol. The largest absolute Gasteiger partial charge is 0.514 e. The number of fused-ring (bicyclic) bond motifs is 6. The van der Waals surface area contributed by atoms with Gasteiger partial charge < -0.3 is 14.6 Å². The first-order valence-electron chi connectivity index (χ1n) is 11.9. The summed E-state index contributed by atoms with van der Waals surface area (Å²) in [6.45, 7) is 0. The number of para-hydroxylation sites is 1. The molecule has 7 rings (SSSR count). The third kappa shape index (κ3) is 4.20. The Kier molecular flexibility index (Phi) is 6.02. The molecule has 5 nitrogen and oxygen atoms in total. The molecule has 2 atom stereocenters. The maximum Gasteiger partial charge on any atom is 0.217 e. The van der Waals surface area contributed by atoms with E-state index in [2.05, 4.69) is 59.6 Å². The minimum atomic E-state index is -0.0910. The number of aromatic nitrogens is 1. The predicted molar refractivity (Wildman–Crippen MR) is 138 cm³/mol. The molecule has 4 aromatic carbocycles. The van der Waals surface area contributed by atoms with Crippen molar-refractivity contribution < 1.29 is 35.6 Å². The van der Waals surface area contributed by atoms with Crippen LogP contribution in [0.3, 0.4) is 0 Å². The SMILES string of the molecule is Oc1cccc2ccc(Oc3[c-]c(C4=N[C@H]5c6ccccc6-c6ccccc6C[C@H]5O4)ccc3)nc12.[Pt]. The van der Waals surface area contributed by atoms with Crippen molar-refractivity contribution in [3.05, 3.63) is 120 Å². The Labute approximate surface area is 228 Å². The van der Waals surface area contributed by atoms with Gasteiger partial charge in [-0.2, -0.15) is 0 Å². The van der Waals surface area contributed by atoms with E-state index in [0.29, 0.717) is 23.0 Å². The molecule has 0 amide bonds. The number of phenolic OH excluding ortho intramolecular Hbond substituents is 1. The monoisotopic (exact) mass is 664 g/mol. The Morgan fingerprint density at radius 2 is 1.65 bits per heavy atom. The van der Waals surface area contributed by atoms with Crippen LogP contribution >= 0.6 is 0 Å². The fraction of sp³-hybridized carbons (Fsp3) is 0.0968. The molecular weight excluding hydrogens is 643 g/mol. The molecular formula is C31H21N2O3Pt-. The molecule has 184 valence electrons. The fourth-order valence-corrected chi connectivity index (χ4v) is 5.10. The molecule has 6 heteroatoms. The molecule has 0 bridgehead atoms. The third-order valence-electron chi connectivity index (χ3n) is 6.77. The molecule has 0 unspecified atom stereocenters. The van der Waals surface area contributed by atoms with Crippen LogP contribution in [0.5, 0.6) is 17.4 Å². The molecule has 5 aromatic rings. The number of ether oxygens (including phenoxy) is 2. The molecule has 0 saturated heterocycles. The predicted octanol–water partition coefficient (Wildman–Crippen LogP) is 6.64. The van der Waals surface area contributed by atoms with Gasteiger partial charge in [0.25, 0.3) is 0 Å². The van der Waals surface area contributed by atoms with Crippen LogP contribution in [-0.2, 0) is 32.2 Å². The van der Waals surface area contributed by atoms with E-state index in [-0.39, 0.29) is 39.0 Å². The van der Waals surface area contributed by atoms with Crippen LogP contribution in [0, 0.1) is 6.07 Å². The maximum atomic E-state index is 10.1. The third-order valence-corrected chi connectivity index (χ3v) is 6.77. The van der Waals surface area contributed by atoms with E-state index in [0.717, 1.165) is 17.4 Å². The van der Waals surface area contributed by atoms with Crippen molar-refractivity contribution >= 4 is 16.8 Å². The van der Waals surface area contributed by atoms with Crippen LogP contribution in [0.1, 0.15) is 22.7 Å². The summed E-state index contributed by atoms with van der Waals surface area (Å²) in [5.74, 6) is 1.56. The number of rotatable bonds is 3. The number of aliphatic imine (C=N–C) groups is 1. The van der Waals surface area contributed by atoms with Gasteiger partial charge in [0.1, 0.15) is 29.3 Å². The minimum Gasteiger partial charge on any atom is -0.514 e. The van der Waals surface area contributed by atoms with Gasteiger partial charge in [-0.25, -0.2) is 4.98 Å². The average Bonchev–Trinajstić information content (AvgIpc) is 3.28. The van der Waals surface area contributed by atoms with Crippen LogP contribution in [0.15, 0.2) is 102 Å². The molecule has 0 spiro atoms. The van der Waals surface area contributed by atoms with E-state index in [1.165, 1.54) is 22.3 Å². The van der Waals surface area contributed by atoms with Gasteiger partial charge in [-0.3, -0.25) is 4.99 Å². The second-order valence-corrected chi connectivity index (χ2v) is 9.01. The minimum absolute atomic E-state index is 0. The molecule has 1 N–H and O–H groups in total. The molecule has 1 aromatic heterocycles. The Hall–Kier alpha value is -3.95. The zero-order valence-electron chi connectivity index (χ0n) is 19.6. The van der Waals surface area contributed by atoms with Crippen molar-refractivity contribution in [1.29, 1.82) is 0 Å². The van der Waals surface area contributed by atoms with Gasteiger partial charge in [-0.05, 0) is 34.4 Å². The Balaban J connectivity index is 0.00000252. The summed E-state index contributed by atoms with van der Waals surface area (Å²) in [5.41, 5.74) is 6.12. The Morgan fingerprint density at radius 3 is 2.57 bits per heavy atom. The molecule has 2 heterocycles. The zero-order chi connectivity index (χ0) is 24.1. The zero-order valence-corrected chi connectivity index (χ0v) is 21.8. The van der Waals surface area contributed by atoms with Crippen molar-refractivity contribution in [3.8, 4) is 28.5 Å². The Morgan fingerprint density at radius 1 is 0.838 bits per heavy atom. The molecule has 0 fully saturated rings. The summed E-state index contributed by atoms with van der Waals surface area (Å²) < 4.78 is 12.4. The topological polar surface area (TPSA) is 63.9 Å². The van der Waals surface area contributed by atoms with Crippen molar-refractivity contribution in [2.75, 3.05) is 0 Å². The first kappa shape index (κ1) is 23.4. The van der Waals surface area contributed by atoms with Crippen LogP contribution < -0.4 is 4.74 Å². The van der Waals surface area contributed by atoms with Crippen LogP contribution in [0.4, 0.5) is 0 Å². The normalized spacial score (nSPS) is 17.4. The molecule has 0 radical (unpaired) electrons. The van der Waals surface area contributed by atoms with E-state index in [1.54, 1.807) is 18.2 Å². The van der Waals surface area contributed by atoms with Crippen LogP contribution in [0.25, 0.3) is 22.0 Å². The summed E-state index contributed by atoms with van der Waals surface area (Å²) in [5, 5.41) is 11.0. The summed E-state index contributed by atoms with van der Waals surface area (Å²) in [7, 11) is 0. The maximum absolute atomic E-state index is 10.1. The fourth-order valence-electron chi connectivity index (χ4n) is 5.10. The number of nitrogens with zero attached hydrogens (tertiary/aromatic N) is 2. The first-order valence-corrected chi connectivity index (χ1v) is 11.9. The smallest absolute Gasteiger partial charge is 0.217 e. The van der Waals surface area contributed by atoms with Crippen molar-refractivity contribution in [2.24, 2.45) is 4.99 Å². The van der Waals surface area contributed by atoms with Crippen molar-refractivity contribution in [1.82, 2.24) is 4.98 Å². The molecule has 37 heavy (non-hydrogen) atoms. The van der Waals surface area contributed by atoms with E-state index in [1.807, 2.05) is 30.3 Å². The number of phenols is 1. The molecule has 0 saturated carbocycles. The van der Waals surface area contributed by atoms with E-state index >= 15 is 0 Å². The second kappa shape index (κ2) is 9.49. The van der Waals surface area contributed by atoms with E-state index in [9.17, 15) is 5.11 Å².